The third-order valence-electron chi connectivity index (χ3n) is 3.55. The van der Waals surface area contributed by atoms with E-state index in [1.54, 1.807) is 0 Å². The molecule has 0 bridgehead atoms. The Morgan fingerprint density at radius 2 is 2.05 bits per heavy atom. The van der Waals surface area contributed by atoms with Gasteiger partial charge in [0.2, 0.25) is 0 Å². The lowest BCUT2D eigenvalue weighted by molar-refractivity contribution is 0.243. The lowest BCUT2D eigenvalue weighted by atomic mass is 10.1. The fourth-order valence-corrected chi connectivity index (χ4v) is 2.64. The molecule has 1 saturated heterocycles. The molecule has 2 rings (SSSR count). The lowest BCUT2D eigenvalue weighted by Gasteiger charge is -2.40. The van der Waals surface area contributed by atoms with E-state index in [-0.39, 0.29) is 6.10 Å². The van der Waals surface area contributed by atoms with Gasteiger partial charge in [-0.15, -0.1) is 0 Å². The van der Waals surface area contributed by atoms with Crippen LogP contribution in [0.3, 0.4) is 0 Å². The number of nitrogen functional groups attached to an aromatic ring is 1. The number of hydrogen-bond acceptors (Lipinski definition) is 4. The maximum Gasteiger partial charge on any atom is 0.144 e. The molecule has 4 nitrogen and oxygen atoms in total. The predicted molar refractivity (Wildman–Crippen MR) is 80.9 cm³/mol. The number of benzene rings is 1. The summed E-state index contributed by atoms with van der Waals surface area (Å²) in [5, 5.41) is 0. The van der Waals surface area contributed by atoms with Gasteiger partial charge in [-0.1, -0.05) is 6.07 Å². The van der Waals surface area contributed by atoms with Crippen LogP contribution in [0, 0.1) is 0 Å². The summed E-state index contributed by atoms with van der Waals surface area (Å²) in [6.07, 6.45) is 0.141. The molecule has 0 spiro atoms. The first kappa shape index (κ1) is 14.0. The number of ether oxygens (including phenoxy) is 1. The average molecular weight is 263 g/mol. The van der Waals surface area contributed by atoms with E-state index in [4.69, 9.17) is 10.5 Å². The maximum absolute atomic E-state index is 6.28. The number of anilines is 2. The number of piperazine rings is 1. The number of nitrogens with two attached hydrogens (primary N) is 1. The van der Waals surface area contributed by atoms with Crippen LogP contribution in [0.4, 0.5) is 11.4 Å². The summed E-state index contributed by atoms with van der Waals surface area (Å²) in [4.78, 5) is 4.73. The molecule has 1 fully saturated rings. The summed E-state index contributed by atoms with van der Waals surface area (Å²) < 4.78 is 5.77. The largest absolute Gasteiger partial charge is 0.489 e. The molecule has 1 aliphatic heterocycles. The SMILES string of the molecule is CC(C)Oc1cccc(N2CCN(C)CC2C)c1N. The van der Waals surface area contributed by atoms with Gasteiger partial charge in [0.05, 0.1) is 17.5 Å². The lowest BCUT2D eigenvalue weighted by Crippen LogP contribution is -2.50. The van der Waals surface area contributed by atoms with Crippen molar-refractivity contribution in [1.82, 2.24) is 4.90 Å². The van der Waals surface area contributed by atoms with Crippen LogP contribution in [0.1, 0.15) is 20.8 Å². The molecule has 0 amide bonds. The highest BCUT2D eigenvalue weighted by atomic mass is 16.5. The molecular weight excluding hydrogens is 238 g/mol. The quantitative estimate of drug-likeness (QED) is 0.849. The van der Waals surface area contributed by atoms with Gasteiger partial charge in [0.1, 0.15) is 5.75 Å². The van der Waals surface area contributed by atoms with E-state index in [9.17, 15) is 0 Å². The van der Waals surface area contributed by atoms with Crippen molar-refractivity contribution in [3.8, 4) is 5.75 Å². The van der Waals surface area contributed by atoms with Gasteiger partial charge < -0.3 is 20.3 Å². The Morgan fingerprint density at radius 3 is 2.68 bits per heavy atom. The molecule has 0 aromatic heterocycles. The number of hydrogen-bond donors (Lipinski definition) is 1. The summed E-state index contributed by atoms with van der Waals surface area (Å²) in [6, 6.07) is 6.52. The van der Waals surface area contributed by atoms with E-state index in [0.29, 0.717) is 6.04 Å². The van der Waals surface area contributed by atoms with Crippen molar-refractivity contribution in [1.29, 1.82) is 0 Å². The smallest absolute Gasteiger partial charge is 0.144 e. The zero-order valence-corrected chi connectivity index (χ0v) is 12.4. The summed E-state index contributed by atoms with van der Waals surface area (Å²) in [7, 11) is 2.16. The molecule has 1 heterocycles. The van der Waals surface area contributed by atoms with E-state index in [2.05, 4.69) is 29.8 Å². The van der Waals surface area contributed by atoms with Crippen LogP contribution in [0.5, 0.6) is 5.75 Å². The van der Waals surface area contributed by atoms with Crippen molar-refractivity contribution in [2.24, 2.45) is 0 Å². The van der Waals surface area contributed by atoms with Crippen LogP contribution in [0.15, 0.2) is 18.2 Å². The molecule has 1 atom stereocenters. The van der Waals surface area contributed by atoms with E-state index in [0.717, 1.165) is 36.8 Å². The van der Waals surface area contributed by atoms with Gasteiger partial charge in [-0.25, -0.2) is 0 Å². The molecule has 1 aromatic rings. The van der Waals surface area contributed by atoms with Crippen molar-refractivity contribution in [3.63, 3.8) is 0 Å². The van der Waals surface area contributed by atoms with E-state index in [1.807, 2.05) is 26.0 Å². The van der Waals surface area contributed by atoms with Crippen molar-refractivity contribution < 1.29 is 4.74 Å². The zero-order chi connectivity index (χ0) is 14.0. The van der Waals surface area contributed by atoms with Crippen LogP contribution in [-0.2, 0) is 0 Å². The van der Waals surface area contributed by atoms with Gasteiger partial charge in [-0.2, -0.15) is 0 Å². The molecule has 19 heavy (non-hydrogen) atoms. The number of para-hydroxylation sites is 1. The third kappa shape index (κ3) is 3.13. The summed E-state index contributed by atoms with van der Waals surface area (Å²) in [6.45, 7) is 9.42. The van der Waals surface area contributed by atoms with Crippen LogP contribution < -0.4 is 15.4 Å². The van der Waals surface area contributed by atoms with Gasteiger partial charge in [-0.05, 0) is 40.0 Å². The van der Waals surface area contributed by atoms with Crippen LogP contribution in [0.2, 0.25) is 0 Å². The van der Waals surface area contributed by atoms with E-state index in [1.165, 1.54) is 0 Å². The minimum atomic E-state index is 0.141. The Labute approximate surface area is 116 Å². The first-order valence-electron chi connectivity index (χ1n) is 6.99. The van der Waals surface area contributed by atoms with Gasteiger partial charge in [-0.3, -0.25) is 0 Å². The van der Waals surface area contributed by atoms with Crippen molar-refractivity contribution in [2.45, 2.75) is 32.9 Å². The Balaban J connectivity index is 2.24. The molecule has 4 heteroatoms. The van der Waals surface area contributed by atoms with E-state index < -0.39 is 0 Å². The second-order valence-corrected chi connectivity index (χ2v) is 5.66. The first-order valence-corrected chi connectivity index (χ1v) is 6.99. The molecule has 1 aliphatic rings. The number of likely N-dealkylation sites (N-methyl/N-ethyl adjacent to an activating group) is 1. The molecule has 1 aromatic carbocycles. The van der Waals surface area contributed by atoms with Crippen molar-refractivity contribution in [3.05, 3.63) is 18.2 Å². The monoisotopic (exact) mass is 263 g/mol. The third-order valence-corrected chi connectivity index (χ3v) is 3.55. The average Bonchev–Trinajstić information content (AvgIpc) is 2.32. The fourth-order valence-electron chi connectivity index (χ4n) is 2.64. The Morgan fingerprint density at radius 1 is 1.32 bits per heavy atom. The number of nitrogens with zero attached hydrogens (tertiary/aromatic N) is 2. The van der Waals surface area contributed by atoms with Gasteiger partial charge in [0.25, 0.3) is 0 Å². The Kier molecular flexibility index (Phi) is 4.20. The minimum absolute atomic E-state index is 0.141. The Hall–Kier alpha value is -1.42. The highest BCUT2D eigenvalue weighted by Crippen LogP contribution is 2.34. The van der Waals surface area contributed by atoms with Gasteiger partial charge in [0, 0.05) is 25.7 Å². The second kappa shape index (κ2) is 5.70. The van der Waals surface area contributed by atoms with Gasteiger partial charge in [0.15, 0.2) is 0 Å². The summed E-state index contributed by atoms with van der Waals surface area (Å²) in [5.74, 6) is 0.790. The normalized spacial score (nSPS) is 20.9. The van der Waals surface area contributed by atoms with Crippen LogP contribution >= 0.6 is 0 Å². The fraction of sp³-hybridized carbons (Fsp3) is 0.600. The standard InChI is InChI=1S/C15H25N3O/c1-11(2)19-14-7-5-6-13(15(14)16)18-9-8-17(4)10-12(18)3/h5-7,11-12H,8-10,16H2,1-4H3. The summed E-state index contributed by atoms with van der Waals surface area (Å²) in [5.41, 5.74) is 8.13. The molecule has 0 saturated carbocycles. The van der Waals surface area contributed by atoms with Crippen LogP contribution in [0.25, 0.3) is 0 Å². The minimum Gasteiger partial charge on any atom is -0.489 e. The molecular formula is C15H25N3O. The van der Waals surface area contributed by atoms with Crippen molar-refractivity contribution >= 4 is 11.4 Å². The highest BCUT2D eigenvalue weighted by Gasteiger charge is 2.24. The Bertz CT molecular complexity index is 433. The van der Waals surface area contributed by atoms with Crippen LogP contribution in [-0.4, -0.2) is 43.7 Å². The second-order valence-electron chi connectivity index (χ2n) is 5.66. The summed E-state index contributed by atoms with van der Waals surface area (Å²) >= 11 is 0. The molecule has 0 aliphatic carbocycles. The zero-order valence-electron chi connectivity index (χ0n) is 12.4. The molecule has 0 radical (unpaired) electrons. The van der Waals surface area contributed by atoms with Crippen molar-refractivity contribution in [2.75, 3.05) is 37.3 Å². The molecule has 1 unspecified atom stereocenters. The number of rotatable bonds is 3. The van der Waals surface area contributed by atoms with E-state index >= 15 is 0 Å². The first-order chi connectivity index (χ1) is 8.99. The highest BCUT2D eigenvalue weighted by molar-refractivity contribution is 5.74. The van der Waals surface area contributed by atoms with Gasteiger partial charge >= 0.3 is 0 Å². The molecule has 2 N–H and O–H groups in total. The molecule has 106 valence electrons. The topological polar surface area (TPSA) is 41.7 Å². The maximum atomic E-state index is 6.28. The predicted octanol–water partition coefficient (Wildman–Crippen LogP) is 2.20.